The van der Waals surface area contributed by atoms with E-state index < -0.39 is 5.97 Å². The molecule has 0 bridgehead atoms. The van der Waals surface area contributed by atoms with Crippen LogP contribution >= 0.6 is 0 Å². The average Bonchev–Trinajstić information content (AvgIpc) is 2.48. The Morgan fingerprint density at radius 3 is 2.30 bits per heavy atom. The number of benzene rings is 1. The molecule has 0 radical (unpaired) electrons. The van der Waals surface area contributed by atoms with Crippen LogP contribution in [0.4, 0.5) is 0 Å². The zero-order valence-electron chi connectivity index (χ0n) is 10.9. The Balaban J connectivity index is 1.84. The van der Waals surface area contributed by atoms with E-state index in [9.17, 15) is 4.79 Å². The number of hydrogen-bond donors (Lipinski definition) is 1. The molecule has 1 aromatic heterocycles. The number of carbonyl (C=O) groups is 1. The van der Waals surface area contributed by atoms with Crippen LogP contribution in [0.1, 0.15) is 16.2 Å². The van der Waals surface area contributed by atoms with Crippen molar-refractivity contribution in [2.45, 2.75) is 6.42 Å². The predicted octanol–water partition coefficient (Wildman–Crippen LogP) is 1.80. The molecule has 0 aliphatic heterocycles. The number of ether oxygens (including phenoxy) is 2. The highest BCUT2D eigenvalue weighted by Gasteiger charge is 2.04. The summed E-state index contributed by atoms with van der Waals surface area (Å²) in [5.41, 5.74) is 0.0739. The molecule has 1 heterocycles. The molecule has 6 heteroatoms. The van der Waals surface area contributed by atoms with Gasteiger partial charge in [0.25, 0.3) is 0 Å². The molecule has 0 saturated heterocycles. The highest BCUT2D eigenvalue weighted by molar-refractivity contribution is 5.86. The van der Waals surface area contributed by atoms with Crippen LogP contribution in [0, 0.1) is 0 Å². The highest BCUT2D eigenvalue weighted by atomic mass is 16.5. The molecule has 0 fully saturated rings. The van der Waals surface area contributed by atoms with E-state index in [0.717, 1.165) is 11.5 Å². The predicted molar refractivity (Wildman–Crippen MR) is 71.2 cm³/mol. The van der Waals surface area contributed by atoms with Gasteiger partial charge >= 0.3 is 5.97 Å². The summed E-state index contributed by atoms with van der Waals surface area (Å²) in [7, 11) is 1.61. The first kappa shape index (κ1) is 13.8. The van der Waals surface area contributed by atoms with E-state index in [1.54, 1.807) is 7.11 Å². The first-order valence-electron chi connectivity index (χ1n) is 6.00. The topological polar surface area (TPSA) is 81.5 Å². The second kappa shape index (κ2) is 6.51. The number of methoxy groups -OCH3 is 1. The van der Waals surface area contributed by atoms with E-state index >= 15 is 0 Å². The van der Waals surface area contributed by atoms with Crippen LogP contribution in [0.2, 0.25) is 0 Å². The standard InChI is InChI=1S/C14H14N2O4/c1-19-11-2-4-12(5-3-11)20-7-6-13-15-8-10(9-16-13)14(17)18/h2-5,8-9H,6-7H2,1H3,(H,17,18). The molecule has 0 saturated carbocycles. The van der Waals surface area contributed by atoms with Crippen LogP contribution in [0.5, 0.6) is 11.5 Å². The lowest BCUT2D eigenvalue weighted by Gasteiger charge is -2.06. The quantitative estimate of drug-likeness (QED) is 0.865. The first-order valence-corrected chi connectivity index (χ1v) is 6.00. The van der Waals surface area contributed by atoms with E-state index in [2.05, 4.69) is 9.97 Å². The monoisotopic (exact) mass is 274 g/mol. The number of rotatable bonds is 6. The lowest BCUT2D eigenvalue weighted by Crippen LogP contribution is -2.06. The molecule has 0 amide bonds. The first-order chi connectivity index (χ1) is 9.69. The molecule has 2 aromatic rings. The van der Waals surface area contributed by atoms with Gasteiger partial charge in [0.2, 0.25) is 0 Å². The third-order valence-electron chi connectivity index (χ3n) is 2.61. The summed E-state index contributed by atoms with van der Waals surface area (Å²) in [6.07, 6.45) is 3.09. The molecule has 0 unspecified atom stereocenters. The molecular formula is C14H14N2O4. The van der Waals surface area contributed by atoms with E-state index in [1.165, 1.54) is 12.4 Å². The number of nitrogens with zero attached hydrogens (tertiary/aromatic N) is 2. The average molecular weight is 274 g/mol. The van der Waals surface area contributed by atoms with Gasteiger partial charge in [-0.1, -0.05) is 0 Å². The van der Waals surface area contributed by atoms with E-state index in [-0.39, 0.29) is 5.56 Å². The highest BCUT2D eigenvalue weighted by Crippen LogP contribution is 2.16. The lowest BCUT2D eigenvalue weighted by molar-refractivity contribution is 0.0696. The Hall–Kier alpha value is -2.63. The smallest absolute Gasteiger partial charge is 0.338 e. The van der Waals surface area contributed by atoms with E-state index in [4.69, 9.17) is 14.6 Å². The molecule has 0 aliphatic carbocycles. The van der Waals surface area contributed by atoms with Gasteiger partial charge in [0, 0.05) is 18.8 Å². The number of carboxylic acids is 1. The van der Waals surface area contributed by atoms with Gasteiger partial charge in [-0.15, -0.1) is 0 Å². The normalized spacial score (nSPS) is 10.1. The van der Waals surface area contributed by atoms with Crippen molar-refractivity contribution in [2.75, 3.05) is 13.7 Å². The molecule has 2 rings (SSSR count). The number of aromatic carboxylic acids is 1. The maximum absolute atomic E-state index is 10.6. The molecule has 0 atom stereocenters. The van der Waals surface area contributed by atoms with Crippen molar-refractivity contribution < 1.29 is 19.4 Å². The second-order valence-electron chi connectivity index (χ2n) is 3.97. The Labute approximate surface area is 116 Å². The number of hydrogen-bond acceptors (Lipinski definition) is 5. The summed E-state index contributed by atoms with van der Waals surface area (Å²) in [4.78, 5) is 18.6. The maximum atomic E-state index is 10.6. The van der Waals surface area contributed by atoms with E-state index in [1.807, 2.05) is 24.3 Å². The van der Waals surface area contributed by atoms with Gasteiger partial charge in [-0.2, -0.15) is 0 Å². The van der Waals surface area contributed by atoms with Gasteiger partial charge in [-0.05, 0) is 24.3 Å². The van der Waals surface area contributed by atoms with Crippen molar-refractivity contribution in [2.24, 2.45) is 0 Å². The molecule has 0 aliphatic rings. The van der Waals surface area contributed by atoms with Crippen LogP contribution in [-0.2, 0) is 6.42 Å². The summed E-state index contributed by atoms with van der Waals surface area (Å²) in [6.45, 7) is 0.415. The van der Waals surface area contributed by atoms with Crippen LogP contribution in [-0.4, -0.2) is 34.8 Å². The molecule has 6 nitrogen and oxygen atoms in total. The van der Waals surface area contributed by atoms with Crippen molar-refractivity contribution in [3.05, 3.63) is 48.0 Å². The fourth-order valence-corrected chi connectivity index (χ4v) is 1.53. The van der Waals surface area contributed by atoms with Crippen molar-refractivity contribution in [1.29, 1.82) is 0 Å². The third-order valence-corrected chi connectivity index (χ3v) is 2.61. The Morgan fingerprint density at radius 2 is 1.75 bits per heavy atom. The Kier molecular flexibility index (Phi) is 4.49. The molecule has 0 spiro atoms. The van der Waals surface area contributed by atoms with Gasteiger partial charge in [0.05, 0.1) is 19.3 Å². The summed E-state index contributed by atoms with van der Waals surface area (Å²) < 4.78 is 10.6. The minimum Gasteiger partial charge on any atom is -0.497 e. The molecule has 1 N–H and O–H groups in total. The van der Waals surface area contributed by atoms with Crippen molar-refractivity contribution in [1.82, 2.24) is 9.97 Å². The molecule has 104 valence electrons. The fraction of sp³-hybridized carbons (Fsp3) is 0.214. The van der Waals surface area contributed by atoms with E-state index in [0.29, 0.717) is 18.9 Å². The zero-order chi connectivity index (χ0) is 14.4. The van der Waals surface area contributed by atoms with Crippen LogP contribution < -0.4 is 9.47 Å². The van der Waals surface area contributed by atoms with Crippen molar-refractivity contribution in [3.63, 3.8) is 0 Å². The van der Waals surface area contributed by atoms with Crippen LogP contribution in [0.15, 0.2) is 36.7 Å². The minimum atomic E-state index is -1.04. The van der Waals surface area contributed by atoms with Gasteiger partial charge in [0.15, 0.2) is 0 Å². The molecule has 20 heavy (non-hydrogen) atoms. The Morgan fingerprint density at radius 1 is 1.15 bits per heavy atom. The van der Waals surface area contributed by atoms with Gasteiger partial charge in [0.1, 0.15) is 17.3 Å². The van der Waals surface area contributed by atoms with Crippen molar-refractivity contribution >= 4 is 5.97 Å². The number of aromatic nitrogens is 2. The summed E-state index contributed by atoms with van der Waals surface area (Å²) in [5.74, 6) is 1.01. The number of carboxylic acid groups (broad SMARTS) is 1. The molecular weight excluding hydrogens is 260 g/mol. The maximum Gasteiger partial charge on any atom is 0.338 e. The summed E-state index contributed by atoms with van der Waals surface area (Å²) >= 11 is 0. The van der Waals surface area contributed by atoms with Gasteiger partial charge in [-0.25, -0.2) is 14.8 Å². The zero-order valence-corrected chi connectivity index (χ0v) is 10.9. The lowest BCUT2D eigenvalue weighted by atomic mass is 10.3. The third kappa shape index (κ3) is 3.68. The van der Waals surface area contributed by atoms with Crippen LogP contribution in [0.25, 0.3) is 0 Å². The van der Waals surface area contributed by atoms with Gasteiger partial charge < -0.3 is 14.6 Å². The fourth-order valence-electron chi connectivity index (χ4n) is 1.53. The van der Waals surface area contributed by atoms with Crippen molar-refractivity contribution in [3.8, 4) is 11.5 Å². The SMILES string of the molecule is COc1ccc(OCCc2ncc(C(=O)O)cn2)cc1. The Bertz CT molecular complexity index is 567. The second-order valence-corrected chi connectivity index (χ2v) is 3.97. The minimum absolute atomic E-state index is 0.0739. The summed E-state index contributed by atoms with van der Waals surface area (Å²) in [6, 6.07) is 7.25. The van der Waals surface area contributed by atoms with Crippen LogP contribution in [0.3, 0.4) is 0 Å². The summed E-state index contributed by atoms with van der Waals surface area (Å²) in [5, 5.41) is 8.73. The largest absolute Gasteiger partial charge is 0.497 e. The molecule has 1 aromatic carbocycles. The van der Waals surface area contributed by atoms with Gasteiger partial charge in [-0.3, -0.25) is 0 Å².